The zero-order valence-corrected chi connectivity index (χ0v) is 22.1. The molecular weight excluding hydrogens is 464 g/mol. The number of aromatic nitrogens is 3. The molecule has 1 saturated heterocycles. The van der Waals surface area contributed by atoms with Gasteiger partial charge >= 0.3 is 0 Å². The molecule has 2 atom stereocenters. The van der Waals surface area contributed by atoms with Gasteiger partial charge in [0.25, 0.3) is 5.91 Å². The Kier molecular flexibility index (Phi) is 6.98. The number of amides is 1. The number of ether oxygens (including phenoxy) is 1. The van der Waals surface area contributed by atoms with Gasteiger partial charge in [0.15, 0.2) is 0 Å². The summed E-state index contributed by atoms with van der Waals surface area (Å²) in [5.41, 5.74) is 5.52. The lowest BCUT2D eigenvalue weighted by Gasteiger charge is -2.36. The van der Waals surface area contributed by atoms with E-state index in [0.717, 1.165) is 42.0 Å². The molecule has 8 heteroatoms. The van der Waals surface area contributed by atoms with Gasteiger partial charge in [-0.25, -0.2) is 9.83 Å². The molecule has 8 nitrogen and oxygen atoms in total. The van der Waals surface area contributed by atoms with Crippen LogP contribution in [0.3, 0.4) is 0 Å². The SMILES string of the molecule is [C-]#[N+]c1cnc([C@H](C)N2CCc3c(cc(Cn4ccnc4C)cc3[C@H]3CCCN3C)C2=O)cc1OCC. The van der Waals surface area contributed by atoms with Crippen molar-refractivity contribution in [1.29, 1.82) is 0 Å². The van der Waals surface area contributed by atoms with Crippen LogP contribution >= 0.6 is 0 Å². The number of nitrogens with zero attached hydrogens (tertiary/aromatic N) is 6. The molecule has 5 rings (SSSR count). The molecule has 0 spiro atoms. The van der Waals surface area contributed by atoms with Crippen LogP contribution in [0.5, 0.6) is 5.75 Å². The summed E-state index contributed by atoms with van der Waals surface area (Å²) < 4.78 is 7.80. The van der Waals surface area contributed by atoms with Gasteiger partial charge in [0.2, 0.25) is 5.69 Å². The van der Waals surface area contributed by atoms with Crippen LogP contribution in [0.15, 0.2) is 36.8 Å². The highest BCUT2D eigenvalue weighted by Crippen LogP contribution is 2.38. The van der Waals surface area contributed by atoms with Crippen molar-refractivity contribution in [2.24, 2.45) is 0 Å². The minimum atomic E-state index is -0.239. The van der Waals surface area contributed by atoms with Crippen molar-refractivity contribution in [2.45, 2.75) is 58.7 Å². The van der Waals surface area contributed by atoms with Crippen molar-refractivity contribution >= 4 is 11.6 Å². The van der Waals surface area contributed by atoms with Gasteiger partial charge in [-0.2, -0.15) is 0 Å². The minimum absolute atomic E-state index is 0.0360. The highest BCUT2D eigenvalue weighted by Gasteiger charge is 2.34. The number of pyridine rings is 1. The second-order valence-electron chi connectivity index (χ2n) is 10.00. The van der Waals surface area contributed by atoms with E-state index in [0.29, 0.717) is 37.2 Å². The molecule has 3 aromatic rings. The monoisotopic (exact) mass is 498 g/mol. The Morgan fingerprint density at radius 2 is 2.08 bits per heavy atom. The number of carbonyl (C=O) groups is 1. The first-order valence-electron chi connectivity index (χ1n) is 13.1. The van der Waals surface area contributed by atoms with Gasteiger partial charge in [-0.05, 0) is 82.4 Å². The molecule has 0 saturated carbocycles. The van der Waals surface area contributed by atoms with Crippen LogP contribution in [0.4, 0.5) is 5.69 Å². The largest absolute Gasteiger partial charge is 0.505 e. The summed E-state index contributed by atoms with van der Waals surface area (Å²) in [4.78, 5) is 30.8. The first-order valence-corrected chi connectivity index (χ1v) is 13.1. The van der Waals surface area contributed by atoms with Crippen molar-refractivity contribution in [2.75, 3.05) is 26.7 Å². The van der Waals surface area contributed by atoms with Crippen molar-refractivity contribution in [1.82, 2.24) is 24.3 Å². The molecule has 0 radical (unpaired) electrons. The zero-order chi connectivity index (χ0) is 26.1. The number of rotatable bonds is 7. The summed E-state index contributed by atoms with van der Waals surface area (Å²) in [7, 11) is 2.18. The molecule has 2 aliphatic rings. The quantitative estimate of drug-likeness (QED) is 0.424. The third-order valence-corrected chi connectivity index (χ3v) is 7.78. The van der Waals surface area contributed by atoms with E-state index in [4.69, 9.17) is 11.3 Å². The number of likely N-dealkylation sites (tertiary alicyclic amines) is 1. The first-order chi connectivity index (χ1) is 17.9. The highest BCUT2D eigenvalue weighted by atomic mass is 16.5. The van der Waals surface area contributed by atoms with Crippen LogP contribution in [-0.2, 0) is 13.0 Å². The summed E-state index contributed by atoms with van der Waals surface area (Å²) in [5, 5.41) is 0. The van der Waals surface area contributed by atoms with E-state index in [9.17, 15) is 4.79 Å². The highest BCUT2D eigenvalue weighted by molar-refractivity contribution is 5.97. The summed E-state index contributed by atoms with van der Waals surface area (Å²) in [6.07, 6.45) is 8.45. The Balaban J connectivity index is 1.51. The average Bonchev–Trinajstić information content (AvgIpc) is 3.51. The lowest BCUT2D eigenvalue weighted by molar-refractivity contribution is 0.0667. The molecule has 4 heterocycles. The van der Waals surface area contributed by atoms with Crippen LogP contribution in [-0.4, -0.2) is 57.0 Å². The van der Waals surface area contributed by atoms with E-state index >= 15 is 0 Å². The molecule has 1 fully saturated rings. The Labute approximate surface area is 218 Å². The second kappa shape index (κ2) is 10.3. The zero-order valence-electron chi connectivity index (χ0n) is 22.1. The van der Waals surface area contributed by atoms with Crippen LogP contribution in [0.2, 0.25) is 0 Å². The third-order valence-electron chi connectivity index (χ3n) is 7.78. The molecule has 2 aliphatic heterocycles. The predicted octanol–water partition coefficient (Wildman–Crippen LogP) is 5.11. The van der Waals surface area contributed by atoms with E-state index in [1.54, 1.807) is 6.20 Å². The number of fused-ring (bicyclic) bond motifs is 1. The maximum Gasteiger partial charge on any atom is 0.254 e. The number of hydrogen-bond acceptors (Lipinski definition) is 5. The van der Waals surface area contributed by atoms with Gasteiger partial charge in [0, 0.05) is 43.3 Å². The summed E-state index contributed by atoms with van der Waals surface area (Å²) >= 11 is 0. The standard InChI is InChI=1S/C29H34N6O2/c1-6-37-28-16-25(32-17-26(28)30-4)19(2)35-12-9-22-23(27-8-7-11-33(27)5)14-21(15-24(22)29(35)36)18-34-13-10-31-20(34)3/h10,13-17,19,27H,6-9,11-12,18H2,1-3,5H3/t19-,27+/m0/s1. The van der Waals surface area contributed by atoms with Crippen molar-refractivity contribution in [3.63, 3.8) is 0 Å². The second-order valence-corrected chi connectivity index (χ2v) is 10.00. The van der Waals surface area contributed by atoms with Gasteiger partial charge < -0.3 is 14.2 Å². The topological polar surface area (TPSA) is 67.9 Å². The number of benzene rings is 1. The molecule has 0 aliphatic carbocycles. The van der Waals surface area contributed by atoms with Gasteiger partial charge in [0.1, 0.15) is 11.6 Å². The molecule has 0 bridgehead atoms. The van der Waals surface area contributed by atoms with Crippen LogP contribution in [0.1, 0.15) is 77.3 Å². The normalized spacial score (nSPS) is 18.5. The molecular formula is C29H34N6O2. The van der Waals surface area contributed by atoms with E-state index in [1.165, 1.54) is 17.5 Å². The van der Waals surface area contributed by atoms with E-state index in [2.05, 4.69) is 43.5 Å². The molecule has 0 unspecified atom stereocenters. The van der Waals surface area contributed by atoms with Gasteiger partial charge in [0.05, 0.1) is 24.9 Å². The fourth-order valence-electron chi connectivity index (χ4n) is 5.73. The molecule has 37 heavy (non-hydrogen) atoms. The smallest absolute Gasteiger partial charge is 0.254 e. The van der Waals surface area contributed by atoms with Gasteiger partial charge in [-0.3, -0.25) is 14.7 Å². The number of carbonyl (C=O) groups excluding carboxylic acids is 1. The Bertz CT molecular complexity index is 1360. The summed E-state index contributed by atoms with van der Waals surface area (Å²) in [5.74, 6) is 1.51. The van der Waals surface area contributed by atoms with Crippen molar-refractivity contribution in [3.05, 3.63) is 82.0 Å². The maximum atomic E-state index is 14.0. The summed E-state index contributed by atoms with van der Waals surface area (Å²) in [6, 6.07) is 6.30. The predicted molar refractivity (Wildman–Crippen MR) is 142 cm³/mol. The number of imidazole rings is 1. The van der Waals surface area contributed by atoms with Crippen LogP contribution < -0.4 is 4.74 Å². The number of hydrogen-bond donors (Lipinski definition) is 0. The maximum absolute atomic E-state index is 14.0. The van der Waals surface area contributed by atoms with Crippen LogP contribution in [0, 0.1) is 13.5 Å². The lowest BCUT2D eigenvalue weighted by atomic mass is 9.87. The Hall–Kier alpha value is -3.70. The third kappa shape index (κ3) is 4.72. The Morgan fingerprint density at radius 1 is 1.24 bits per heavy atom. The van der Waals surface area contributed by atoms with Crippen molar-refractivity contribution in [3.8, 4) is 5.75 Å². The lowest BCUT2D eigenvalue weighted by Crippen LogP contribution is -2.40. The van der Waals surface area contributed by atoms with Gasteiger partial charge in [-0.15, -0.1) is 0 Å². The van der Waals surface area contributed by atoms with Crippen LogP contribution in [0.25, 0.3) is 4.85 Å². The minimum Gasteiger partial charge on any atom is -0.505 e. The molecule has 2 aromatic heterocycles. The molecule has 192 valence electrons. The van der Waals surface area contributed by atoms with Gasteiger partial charge in [-0.1, -0.05) is 6.07 Å². The fraction of sp³-hybridized carbons (Fsp3) is 0.448. The average molecular weight is 499 g/mol. The van der Waals surface area contributed by atoms with Crippen molar-refractivity contribution < 1.29 is 9.53 Å². The van der Waals surface area contributed by atoms with E-state index in [1.807, 2.05) is 44.1 Å². The van der Waals surface area contributed by atoms with E-state index in [-0.39, 0.29) is 11.9 Å². The summed E-state index contributed by atoms with van der Waals surface area (Å²) in [6.45, 7) is 16.1. The first kappa shape index (κ1) is 25.0. The molecule has 0 N–H and O–H groups in total. The number of aryl methyl sites for hydroxylation is 1. The molecule has 1 aromatic carbocycles. The molecule has 1 amide bonds. The Morgan fingerprint density at radius 3 is 2.76 bits per heavy atom. The fourth-order valence-corrected chi connectivity index (χ4v) is 5.73. The van der Waals surface area contributed by atoms with E-state index < -0.39 is 0 Å².